The standard InChI is InChI=1S/C15H23N3OS/c1-12-14(15(19)18-9-5-6-10-18)20-13(16-12)11-17-7-3-2-4-8-17/h2-11H2,1H3. The lowest BCUT2D eigenvalue weighted by atomic mass is 10.1. The fourth-order valence-corrected chi connectivity index (χ4v) is 4.17. The molecule has 2 saturated heterocycles. The van der Waals surface area contributed by atoms with Crippen LogP contribution in [0.3, 0.4) is 0 Å². The van der Waals surface area contributed by atoms with Crippen LogP contribution in [0.5, 0.6) is 0 Å². The lowest BCUT2D eigenvalue weighted by molar-refractivity contribution is 0.0796. The second-order valence-corrected chi connectivity index (χ2v) is 6.94. The fraction of sp³-hybridized carbons (Fsp3) is 0.733. The van der Waals surface area contributed by atoms with Gasteiger partial charge in [-0.2, -0.15) is 0 Å². The average molecular weight is 293 g/mol. The van der Waals surface area contributed by atoms with Crippen LogP contribution in [0.4, 0.5) is 0 Å². The number of hydrogen-bond acceptors (Lipinski definition) is 4. The molecule has 2 aliphatic heterocycles. The van der Waals surface area contributed by atoms with Crippen LogP contribution in [-0.2, 0) is 6.54 Å². The van der Waals surface area contributed by atoms with Crippen LogP contribution in [0.25, 0.3) is 0 Å². The van der Waals surface area contributed by atoms with Crippen molar-refractivity contribution in [2.24, 2.45) is 0 Å². The summed E-state index contributed by atoms with van der Waals surface area (Å²) in [5.41, 5.74) is 0.916. The summed E-state index contributed by atoms with van der Waals surface area (Å²) >= 11 is 1.60. The monoisotopic (exact) mass is 293 g/mol. The summed E-state index contributed by atoms with van der Waals surface area (Å²) in [6, 6.07) is 0. The molecule has 5 heteroatoms. The minimum atomic E-state index is 0.197. The molecule has 0 unspecified atom stereocenters. The number of carbonyl (C=O) groups excluding carboxylic acids is 1. The van der Waals surface area contributed by atoms with Crippen LogP contribution < -0.4 is 0 Å². The molecule has 1 aromatic rings. The maximum atomic E-state index is 12.5. The Morgan fingerprint density at radius 3 is 2.45 bits per heavy atom. The summed E-state index contributed by atoms with van der Waals surface area (Å²) in [7, 11) is 0. The molecule has 0 N–H and O–H groups in total. The van der Waals surface area contributed by atoms with Gasteiger partial charge in [0.2, 0.25) is 0 Å². The maximum absolute atomic E-state index is 12.5. The molecule has 110 valence electrons. The molecule has 1 aromatic heterocycles. The highest BCUT2D eigenvalue weighted by molar-refractivity contribution is 7.13. The van der Waals surface area contributed by atoms with Crippen molar-refractivity contribution in [2.75, 3.05) is 26.2 Å². The van der Waals surface area contributed by atoms with Gasteiger partial charge in [0.15, 0.2) is 0 Å². The topological polar surface area (TPSA) is 36.4 Å². The first kappa shape index (κ1) is 14.0. The highest BCUT2D eigenvalue weighted by atomic mass is 32.1. The van der Waals surface area contributed by atoms with Crippen molar-refractivity contribution in [1.29, 1.82) is 0 Å². The number of aromatic nitrogens is 1. The van der Waals surface area contributed by atoms with Crippen molar-refractivity contribution in [2.45, 2.75) is 45.6 Å². The van der Waals surface area contributed by atoms with E-state index in [0.29, 0.717) is 0 Å². The number of carbonyl (C=O) groups is 1. The summed E-state index contributed by atoms with van der Waals surface area (Å²) in [5.74, 6) is 0.197. The van der Waals surface area contributed by atoms with Gasteiger partial charge in [-0.3, -0.25) is 9.69 Å². The molecule has 0 aliphatic carbocycles. The van der Waals surface area contributed by atoms with E-state index >= 15 is 0 Å². The second-order valence-electron chi connectivity index (χ2n) is 5.86. The Morgan fingerprint density at radius 1 is 1.10 bits per heavy atom. The Kier molecular flexibility index (Phi) is 4.36. The molecule has 0 spiro atoms. The Hall–Kier alpha value is -0.940. The average Bonchev–Trinajstić information content (AvgIpc) is 3.09. The first-order valence-corrected chi connectivity index (χ1v) is 8.53. The van der Waals surface area contributed by atoms with Gasteiger partial charge < -0.3 is 4.90 Å². The van der Waals surface area contributed by atoms with E-state index in [4.69, 9.17) is 0 Å². The van der Waals surface area contributed by atoms with Gasteiger partial charge in [0.05, 0.1) is 12.2 Å². The third-order valence-corrected chi connectivity index (χ3v) is 5.37. The number of hydrogen-bond donors (Lipinski definition) is 0. The lowest BCUT2D eigenvalue weighted by Crippen LogP contribution is -2.29. The molecular formula is C15H23N3OS. The summed E-state index contributed by atoms with van der Waals surface area (Å²) in [5, 5.41) is 1.10. The molecule has 2 aliphatic rings. The second kappa shape index (κ2) is 6.22. The number of piperidine rings is 1. The van der Waals surface area contributed by atoms with Crippen molar-refractivity contribution >= 4 is 17.2 Å². The molecule has 3 rings (SSSR count). The van der Waals surface area contributed by atoms with Crippen LogP contribution in [0, 0.1) is 6.92 Å². The molecule has 0 radical (unpaired) electrons. The molecular weight excluding hydrogens is 270 g/mol. The highest BCUT2D eigenvalue weighted by Gasteiger charge is 2.24. The molecule has 0 atom stereocenters. The summed E-state index contributed by atoms with van der Waals surface area (Å²) < 4.78 is 0. The predicted octanol–water partition coefficient (Wildman–Crippen LogP) is 2.67. The van der Waals surface area contributed by atoms with Crippen LogP contribution in [-0.4, -0.2) is 46.9 Å². The number of rotatable bonds is 3. The van der Waals surface area contributed by atoms with Gasteiger partial charge in [-0.25, -0.2) is 4.98 Å². The van der Waals surface area contributed by atoms with E-state index in [1.165, 1.54) is 32.4 Å². The minimum absolute atomic E-state index is 0.197. The molecule has 4 nitrogen and oxygen atoms in total. The molecule has 3 heterocycles. The first-order chi connectivity index (χ1) is 9.74. The van der Waals surface area contributed by atoms with Crippen molar-refractivity contribution in [1.82, 2.24) is 14.8 Å². The van der Waals surface area contributed by atoms with Crippen LogP contribution in [0.15, 0.2) is 0 Å². The van der Waals surface area contributed by atoms with Crippen LogP contribution >= 0.6 is 11.3 Å². The van der Waals surface area contributed by atoms with Crippen LogP contribution in [0.2, 0.25) is 0 Å². The lowest BCUT2D eigenvalue weighted by Gasteiger charge is -2.25. The Labute approximate surface area is 124 Å². The summed E-state index contributed by atoms with van der Waals surface area (Å²) in [4.78, 5) is 22.4. The van der Waals surface area contributed by atoms with Crippen molar-refractivity contribution < 1.29 is 4.79 Å². The van der Waals surface area contributed by atoms with E-state index in [1.807, 2.05) is 11.8 Å². The summed E-state index contributed by atoms with van der Waals surface area (Å²) in [6.07, 6.45) is 6.23. The molecule has 2 fully saturated rings. The number of nitrogens with zero attached hydrogens (tertiary/aromatic N) is 3. The molecule has 0 bridgehead atoms. The van der Waals surface area contributed by atoms with Gasteiger partial charge in [0.1, 0.15) is 9.88 Å². The van der Waals surface area contributed by atoms with Gasteiger partial charge >= 0.3 is 0 Å². The Bertz CT molecular complexity index is 473. The van der Waals surface area contributed by atoms with E-state index in [0.717, 1.165) is 48.1 Å². The fourth-order valence-electron chi connectivity index (χ4n) is 3.09. The van der Waals surface area contributed by atoms with E-state index in [2.05, 4.69) is 9.88 Å². The maximum Gasteiger partial charge on any atom is 0.265 e. The molecule has 20 heavy (non-hydrogen) atoms. The predicted molar refractivity (Wildman–Crippen MR) is 81.1 cm³/mol. The normalized spacial score (nSPS) is 20.6. The highest BCUT2D eigenvalue weighted by Crippen LogP contribution is 2.24. The zero-order chi connectivity index (χ0) is 13.9. The van der Waals surface area contributed by atoms with Gasteiger partial charge in [-0.05, 0) is 45.7 Å². The van der Waals surface area contributed by atoms with Crippen molar-refractivity contribution in [3.63, 3.8) is 0 Å². The first-order valence-electron chi connectivity index (χ1n) is 7.72. The van der Waals surface area contributed by atoms with E-state index < -0.39 is 0 Å². The minimum Gasteiger partial charge on any atom is -0.338 e. The molecule has 0 saturated carbocycles. The number of aryl methyl sites for hydroxylation is 1. The number of amides is 1. The number of thiazole rings is 1. The largest absolute Gasteiger partial charge is 0.338 e. The van der Waals surface area contributed by atoms with E-state index in [-0.39, 0.29) is 5.91 Å². The Balaban J connectivity index is 1.68. The zero-order valence-corrected chi connectivity index (χ0v) is 13.0. The van der Waals surface area contributed by atoms with E-state index in [1.54, 1.807) is 11.3 Å². The van der Waals surface area contributed by atoms with Crippen molar-refractivity contribution in [3.8, 4) is 0 Å². The van der Waals surface area contributed by atoms with E-state index in [9.17, 15) is 4.79 Å². The Morgan fingerprint density at radius 2 is 1.75 bits per heavy atom. The molecule has 1 amide bonds. The third-order valence-electron chi connectivity index (χ3n) is 4.24. The van der Waals surface area contributed by atoms with Crippen LogP contribution in [0.1, 0.15) is 52.5 Å². The zero-order valence-electron chi connectivity index (χ0n) is 12.2. The SMILES string of the molecule is Cc1nc(CN2CCCCC2)sc1C(=O)N1CCCC1. The third kappa shape index (κ3) is 3.04. The van der Waals surface area contributed by atoms with Gasteiger partial charge in [-0.15, -0.1) is 11.3 Å². The van der Waals surface area contributed by atoms with Gasteiger partial charge in [-0.1, -0.05) is 6.42 Å². The van der Waals surface area contributed by atoms with Gasteiger partial charge in [0.25, 0.3) is 5.91 Å². The quantitative estimate of drug-likeness (QED) is 0.859. The van der Waals surface area contributed by atoms with Crippen molar-refractivity contribution in [3.05, 3.63) is 15.6 Å². The number of likely N-dealkylation sites (tertiary alicyclic amines) is 2. The molecule has 0 aromatic carbocycles. The van der Waals surface area contributed by atoms with Gasteiger partial charge in [0, 0.05) is 13.1 Å². The smallest absolute Gasteiger partial charge is 0.265 e. The summed E-state index contributed by atoms with van der Waals surface area (Å²) in [6.45, 7) is 7.07.